The third-order valence-corrected chi connectivity index (χ3v) is 3.41. The summed E-state index contributed by atoms with van der Waals surface area (Å²) < 4.78 is 6.68. The summed E-state index contributed by atoms with van der Waals surface area (Å²) in [4.78, 5) is 54.2. The Morgan fingerprint density at radius 3 is 2.52 bits per heavy atom. The number of carbonyl (C=O) groups excluding carboxylic acids is 1. The van der Waals surface area contributed by atoms with E-state index in [1.807, 2.05) is 0 Å². The molecule has 0 radical (unpaired) electrons. The summed E-state index contributed by atoms with van der Waals surface area (Å²) in [6.07, 6.45) is 0. The molecule has 0 unspecified atom stereocenters. The Morgan fingerprint density at radius 1 is 1.30 bits per heavy atom. The lowest BCUT2D eigenvalue weighted by molar-refractivity contribution is -0.146. The van der Waals surface area contributed by atoms with Crippen molar-refractivity contribution >= 4 is 17.1 Å². The second-order valence-corrected chi connectivity index (χ2v) is 4.84. The van der Waals surface area contributed by atoms with Crippen LogP contribution in [0.4, 0.5) is 0 Å². The van der Waals surface area contributed by atoms with Crippen LogP contribution in [0.5, 0.6) is 0 Å². The number of aryl methyl sites for hydroxylation is 1. The highest BCUT2D eigenvalue weighted by atomic mass is 16.5. The fourth-order valence-electron chi connectivity index (χ4n) is 2.17. The average Bonchev–Trinajstić information content (AvgIpc) is 2.53. The summed E-state index contributed by atoms with van der Waals surface area (Å²) in [7, 11) is 2.64. The van der Waals surface area contributed by atoms with E-state index in [1.165, 1.54) is 14.1 Å². The van der Waals surface area contributed by atoms with Gasteiger partial charge in [-0.3, -0.25) is 23.5 Å². The minimum absolute atomic E-state index is 0.0693. The van der Waals surface area contributed by atoms with Crippen LogP contribution >= 0.6 is 0 Å². The topological polar surface area (TPSA) is 136 Å². The normalized spacial score (nSPS) is 12.3. The van der Waals surface area contributed by atoms with Gasteiger partial charge in [-0.25, -0.2) is 9.78 Å². The summed E-state index contributed by atoms with van der Waals surface area (Å²) in [5, 5.41) is 9.37. The van der Waals surface area contributed by atoms with Crippen molar-refractivity contribution in [2.45, 2.75) is 12.8 Å². The lowest BCUT2D eigenvalue weighted by atomic mass is 10.1. The molecule has 0 aliphatic heterocycles. The smallest absolute Gasteiger partial charge is 0.332 e. The molecule has 0 bridgehead atoms. The number of esters is 1. The molecule has 2 N–H and O–H groups in total. The van der Waals surface area contributed by atoms with Gasteiger partial charge in [0.15, 0.2) is 11.2 Å². The molecule has 0 aliphatic carbocycles. The molecule has 0 aromatic carbocycles. The van der Waals surface area contributed by atoms with Crippen LogP contribution in [0.3, 0.4) is 0 Å². The van der Waals surface area contributed by atoms with Gasteiger partial charge >= 0.3 is 11.7 Å². The van der Waals surface area contributed by atoms with Crippen LogP contribution in [0.25, 0.3) is 11.2 Å². The number of fused-ring (bicyclic) bond motifs is 1. The van der Waals surface area contributed by atoms with E-state index in [9.17, 15) is 24.3 Å². The van der Waals surface area contributed by atoms with Crippen LogP contribution in [-0.2, 0) is 23.6 Å². The molecule has 2 heterocycles. The summed E-state index contributed by atoms with van der Waals surface area (Å²) >= 11 is 0. The number of carbonyl (C=O) groups is 1. The van der Waals surface area contributed by atoms with E-state index < -0.39 is 35.3 Å². The van der Waals surface area contributed by atoms with Gasteiger partial charge in [0, 0.05) is 14.1 Å². The van der Waals surface area contributed by atoms with Crippen molar-refractivity contribution in [3.05, 3.63) is 36.9 Å². The molecule has 10 nitrogen and oxygen atoms in total. The van der Waals surface area contributed by atoms with Gasteiger partial charge in [-0.2, -0.15) is 0 Å². The van der Waals surface area contributed by atoms with Gasteiger partial charge in [-0.05, 0) is 6.92 Å². The molecule has 2 rings (SSSR count). The highest BCUT2D eigenvalue weighted by Crippen LogP contribution is 2.12. The predicted molar refractivity (Wildman–Crippen MR) is 79.3 cm³/mol. The van der Waals surface area contributed by atoms with Crippen LogP contribution in [0.2, 0.25) is 0 Å². The van der Waals surface area contributed by atoms with Gasteiger partial charge in [-0.1, -0.05) is 0 Å². The molecule has 0 fully saturated rings. The number of rotatable bonds is 4. The van der Waals surface area contributed by atoms with E-state index in [0.717, 1.165) is 9.13 Å². The highest BCUT2D eigenvalue weighted by molar-refractivity contribution is 5.78. The Labute approximate surface area is 129 Å². The van der Waals surface area contributed by atoms with Gasteiger partial charge in [0.05, 0.1) is 13.2 Å². The van der Waals surface area contributed by atoms with Gasteiger partial charge < -0.3 is 14.8 Å². The number of aromatic nitrogens is 4. The van der Waals surface area contributed by atoms with Crippen LogP contribution < -0.4 is 16.8 Å². The van der Waals surface area contributed by atoms with E-state index in [2.05, 4.69) is 9.97 Å². The number of hydrogen-bond donors (Lipinski definition) is 2. The van der Waals surface area contributed by atoms with Crippen LogP contribution in [0.15, 0.2) is 14.4 Å². The molecular formula is C13H16N4O6. The molecule has 10 heteroatoms. The van der Waals surface area contributed by atoms with E-state index in [1.54, 1.807) is 6.92 Å². The van der Waals surface area contributed by atoms with Crippen molar-refractivity contribution in [3.63, 3.8) is 0 Å². The molecule has 0 aliphatic rings. The minimum atomic E-state index is -1.30. The summed E-state index contributed by atoms with van der Waals surface area (Å²) in [6, 6.07) is 0. The Hall–Kier alpha value is -2.75. The number of H-pyrrole nitrogens is 1. The monoisotopic (exact) mass is 324 g/mol. The number of nitrogens with one attached hydrogen (secondary N) is 1. The van der Waals surface area contributed by atoms with Crippen molar-refractivity contribution in [2.24, 2.45) is 14.1 Å². The minimum Gasteiger partial charge on any atom is -0.465 e. The molecule has 0 spiro atoms. The number of hydrogen-bond acceptors (Lipinski definition) is 7. The number of nitrogens with zero attached hydrogens (tertiary/aromatic N) is 3. The van der Waals surface area contributed by atoms with Gasteiger partial charge in [0.2, 0.25) is 0 Å². The zero-order valence-corrected chi connectivity index (χ0v) is 12.8. The molecule has 0 amide bonds. The average molecular weight is 324 g/mol. The number of aromatic amines is 1. The highest BCUT2D eigenvalue weighted by Gasteiger charge is 2.27. The van der Waals surface area contributed by atoms with E-state index in [0.29, 0.717) is 0 Å². The third-order valence-electron chi connectivity index (χ3n) is 3.41. The maximum Gasteiger partial charge on any atom is 0.332 e. The van der Waals surface area contributed by atoms with Gasteiger partial charge in [-0.15, -0.1) is 0 Å². The van der Waals surface area contributed by atoms with Crippen LogP contribution in [-0.4, -0.2) is 43.4 Å². The summed E-state index contributed by atoms with van der Waals surface area (Å²) in [5.41, 5.74) is -2.72. The lowest BCUT2D eigenvalue weighted by Crippen LogP contribution is -2.39. The second-order valence-electron chi connectivity index (χ2n) is 4.84. The second kappa shape index (κ2) is 6.16. The van der Waals surface area contributed by atoms with Crippen molar-refractivity contribution in [1.82, 2.24) is 19.1 Å². The van der Waals surface area contributed by atoms with Crippen molar-refractivity contribution in [2.75, 3.05) is 13.2 Å². The Balaban J connectivity index is 2.80. The number of ether oxygens (including phenoxy) is 1. The Bertz CT molecular complexity index is 938. The maximum absolute atomic E-state index is 12.1. The molecule has 124 valence electrons. The quantitative estimate of drug-likeness (QED) is 0.618. The first-order valence-corrected chi connectivity index (χ1v) is 6.80. The Morgan fingerprint density at radius 2 is 1.96 bits per heavy atom. The summed E-state index contributed by atoms with van der Waals surface area (Å²) in [5.74, 6) is -2.12. The van der Waals surface area contributed by atoms with Crippen molar-refractivity contribution in [3.8, 4) is 0 Å². The first-order valence-electron chi connectivity index (χ1n) is 6.80. The predicted octanol–water partition coefficient (Wildman–Crippen LogP) is -2.04. The molecule has 2 aromatic rings. The fourth-order valence-corrected chi connectivity index (χ4v) is 2.17. The van der Waals surface area contributed by atoms with Crippen LogP contribution in [0, 0.1) is 0 Å². The van der Waals surface area contributed by atoms with Crippen molar-refractivity contribution < 1.29 is 14.6 Å². The zero-order valence-electron chi connectivity index (χ0n) is 12.8. The van der Waals surface area contributed by atoms with E-state index >= 15 is 0 Å². The largest absolute Gasteiger partial charge is 0.465 e. The molecule has 2 aromatic heterocycles. The van der Waals surface area contributed by atoms with E-state index in [4.69, 9.17) is 4.74 Å². The SMILES string of the molecule is CCOC(=O)[C@@H](CO)c1nc2c([nH]c1=O)c(=O)n(C)c(=O)n2C. The fraction of sp³-hybridized carbons (Fsp3) is 0.462. The molecule has 0 saturated carbocycles. The summed E-state index contributed by atoms with van der Waals surface area (Å²) in [6.45, 7) is 0.955. The van der Waals surface area contributed by atoms with Crippen molar-refractivity contribution in [1.29, 1.82) is 0 Å². The third kappa shape index (κ3) is 2.68. The lowest BCUT2D eigenvalue weighted by Gasteiger charge is -2.13. The van der Waals surface area contributed by atoms with E-state index in [-0.39, 0.29) is 23.5 Å². The van der Waals surface area contributed by atoms with Gasteiger partial charge in [0.1, 0.15) is 11.6 Å². The molecule has 0 saturated heterocycles. The maximum atomic E-state index is 12.1. The molecular weight excluding hydrogens is 308 g/mol. The Kier molecular flexibility index (Phi) is 4.45. The number of aliphatic hydroxyl groups excluding tert-OH is 1. The first-order chi connectivity index (χ1) is 10.8. The molecule has 1 atom stereocenters. The zero-order chi connectivity index (χ0) is 17.3. The van der Waals surface area contributed by atoms with Gasteiger partial charge in [0.25, 0.3) is 11.1 Å². The first kappa shape index (κ1) is 16.6. The number of aliphatic hydroxyl groups is 1. The standard InChI is InChI=1S/C13H16N4O6/c1-4-23-12(21)6(5-18)7-10(19)15-8-9(14-7)16(2)13(22)17(3)11(8)20/h6,18H,4-5H2,1-3H3,(H,15,19)/t6-/m0/s1. The van der Waals surface area contributed by atoms with Crippen LogP contribution in [0.1, 0.15) is 18.5 Å². The molecule has 23 heavy (non-hydrogen) atoms.